The van der Waals surface area contributed by atoms with Gasteiger partial charge in [-0.2, -0.15) is 0 Å². The molecule has 0 spiro atoms. The molecule has 0 aliphatic rings. The van der Waals surface area contributed by atoms with Crippen molar-refractivity contribution in [2.24, 2.45) is 0 Å². The van der Waals surface area contributed by atoms with Crippen LogP contribution in [0.4, 0.5) is 0 Å². The van der Waals surface area contributed by atoms with E-state index >= 15 is 0 Å². The van der Waals surface area contributed by atoms with Crippen LogP contribution in [0.15, 0.2) is 0 Å². The summed E-state index contributed by atoms with van der Waals surface area (Å²) in [5.74, 6) is 0. The summed E-state index contributed by atoms with van der Waals surface area (Å²) in [7, 11) is 0. The van der Waals surface area contributed by atoms with Crippen molar-refractivity contribution in [3.63, 3.8) is 0 Å². The van der Waals surface area contributed by atoms with E-state index in [1.165, 1.54) is 0 Å². The largest absolute Gasteiger partial charge is 0.396 e. The highest BCUT2D eigenvalue weighted by atomic mass is 35.5. The second-order valence-corrected chi connectivity index (χ2v) is 1.08. The van der Waals surface area contributed by atoms with E-state index in [1.807, 2.05) is 0 Å². The van der Waals surface area contributed by atoms with Crippen molar-refractivity contribution in [1.82, 2.24) is 0 Å². The van der Waals surface area contributed by atoms with Gasteiger partial charge in [-0.25, -0.2) is 0 Å². The Bertz CT molecular complexity index is 18.8. The van der Waals surface area contributed by atoms with Gasteiger partial charge in [0.25, 0.3) is 0 Å². The molecule has 0 aliphatic carbocycles. The molecule has 0 saturated carbocycles. The molecule has 0 aliphatic heterocycles. The standard InChI is InChI=1S/C4H10O.3ClH/c1-2-3-4-5;;;/h5H,2-4H2,1H3;3*1H. The first kappa shape index (κ1) is 23.2. The lowest BCUT2D eigenvalue weighted by atomic mass is 10.4. The fourth-order valence-electron chi connectivity index (χ4n) is 0.158. The van der Waals surface area contributed by atoms with Gasteiger partial charge in [0, 0.05) is 6.61 Å². The molecule has 0 amide bonds. The summed E-state index contributed by atoms with van der Waals surface area (Å²) in [5.41, 5.74) is 0. The van der Waals surface area contributed by atoms with Crippen LogP contribution < -0.4 is 0 Å². The molecule has 8 heavy (non-hydrogen) atoms. The number of aliphatic hydroxyl groups is 1. The molecule has 0 saturated heterocycles. The Morgan fingerprint density at radius 1 is 1.12 bits per heavy atom. The van der Waals surface area contributed by atoms with E-state index in [9.17, 15) is 0 Å². The normalized spacial score (nSPS) is 5.25. The summed E-state index contributed by atoms with van der Waals surface area (Å²) in [6.45, 7) is 2.40. The summed E-state index contributed by atoms with van der Waals surface area (Å²) in [6, 6.07) is 0. The van der Waals surface area contributed by atoms with Crippen LogP contribution in [0.3, 0.4) is 0 Å². The van der Waals surface area contributed by atoms with Gasteiger partial charge in [-0.1, -0.05) is 13.3 Å². The molecule has 0 rings (SSSR count). The lowest BCUT2D eigenvalue weighted by Gasteiger charge is -1.79. The van der Waals surface area contributed by atoms with Crippen molar-refractivity contribution in [3.05, 3.63) is 0 Å². The molecule has 0 bridgehead atoms. The van der Waals surface area contributed by atoms with Gasteiger partial charge in [0.05, 0.1) is 0 Å². The molecule has 0 fully saturated rings. The Kier molecular flexibility index (Phi) is 72.2. The van der Waals surface area contributed by atoms with Gasteiger partial charge in [-0.3, -0.25) is 0 Å². The van der Waals surface area contributed by atoms with Crippen molar-refractivity contribution >= 4 is 37.2 Å². The zero-order chi connectivity index (χ0) is 4.12. The predicted molar refractivity (Wildman–Crippen MR) is 43.7 cm³/mol. The first-order valence-corrected chi connectivity index (χ1v) is 2.02. The summed E-state index contributed by atoms with van der Waals surface area (Å²) in [5, 5.41) is 8.07. The molecule has 0 aromatic carbocycles. The topological polar surface area (TPSA) is 20.2 Å². The Balaban J connectivity index is -0.0000000267. The number of rotatable bonds is 2. The summed E-state index contributed by atoms with van der Waals surface area (Å²) < 4.78 is 0. The molecular formula is C4H13Cl3O. The van der Waals surface area contributed by atoms with Gasteiger partial charge < -0.3 is 5.11 Å². The monoisotopic (exact) mass is 182 g/mol. The minimum atomic E-state index is 0. The van der Waals surface area contributed by atoms with Crippen LogP contribution in [0.5, 0.6) is 0 Å². The van der Waals surface area contributed by atoms with Gasteiger partial charge in [0.15, 0.2) is 0 Å². The van der Waals surface area contributed by atoms with Crippen molar-refractivity contribution in [3.8, 4) is 0 Å². The second kappa shape index (κ2) is 24.9. The zero-order valence-corrected chi connectivity index (χ0v) is 7.24. The molecule has 0 atom stereocenters. The van der Waals surface area contributed by atoms with E-state index in [0.717, 1.165) is 12.8 Å². The van der Waals surface area contributed by atoms with Crippen LogP contribution in [0, 0.1) is 0 Å². The van der Waals surface area contributed by atoms with E-state index < -0.39 is 0 Å². The highest BCUT2D eigenvalue weighted by Crippen LogP contribution is 1.78. The number of hydrogen-bond acceptors (Lipinski definition) is 1. The molecule has 0 aromatic rings. The van der Waals surface area contributed by atoms with Crippen LogP contribution in [0.2, 0.25) is 0 Å². The molecule has 1 nitrogen and oxygen atoms in total. The average molecular weight is 184 g/mol. The van der Waals surface area contributed by atoms with E-state index in [0.29, 0.717) is 6.61 Å². The maximum Gasteiger partial charge on any atom is 0.0430 e. The van der Waals surface area contributed by atoms with Crippen molar-refractivity contribution < 1.29 is 5.11 Å². The number of unbranched alkanes of at least 4 members (excludes halogenated alkanes) is 1. The van der Waals surface area contributed by atoms with E-state index in [1.54, 1.807) is 0 Å². The summed E-state index contributed by atoms with van der Waals surface area (Å²) in [6.07, 6.45) is 2.04. The maximum absolute atomic E-state index is 8.07. The SMILES string of the molecule is CCCCO.Cl.Cl.Cl. The van der Waals surface area contributed by atoms with Crippen LogP contribution in [0.1, 0.15) is 19.8 Å². The number of hydrogen-bond donors (Lipinski definition) is 1. The van der Waals surface area contributed by atoms with Crippen molar-refractivity contribution in [1.29, 1.82) is 0 Å². The highest BCUT2D eigenvalue weighted by molar-refractivity contribution is 5.86. The molecule has 0 aromatic heterocycles. The predicted octanol–water partition coefficient (Wildman–Crippen LogP) is 2.04. The first-order chi connectivity index (χ1) is 2.41. The van der Waals surface area contributed by atoms with E-state index in [-0.39, 0.29) is 37.2 Å². The minimum Gasteiger partial charge on any atom is -0.396 e. The Morgan fingerprint density at radius 2 is 1.50 bits per heavy atom. The molecule has 56 valence electrons. The van der Waals surface area contributed by atoms with Gasteiger partial charge in [0.1, 0.15) is 0 Å². The Labute approximate surface area is 69.1 Å². The average Bonchev–Trinajstić information content (AvgIpc) is 1.41. The van der Waals surface area contributed by atoms with Crippen LogP contribution in [-0.2, 0) is 0 Å². The molecule has 0 unspecified atom stereocenters. The smallest absolute Gasteiger partial charge is 0.0430 e. The van der Waals surface area contributed by atoms with Gasteiger partial charge in [-0.15, -0.1) is 37.2 Å². The first-order valence-electron chi connectivity index (χ1n) is 2.02. The maximum atomic E-state index is 8.07. The molecule has 0 radical (unpaired) electrons. The van der Waals surface area contributed by atoms with Crippen LogP contribution >= 0.6 is 37.2 Å². The minimum absolute atomic E-state index is 0. The van der Waals surface area contributed by atoms with Gasteiger partial charge >= 0.3 is 0 Å². The Hall–Kier alpha value is 0.830. The van der Waals surface area contributed by atoms with E-state index in [4.69, 9.17) is 5.11 Å². The Morgan fingerprint density at radius 3 is 1.50 bits per heavy atom. The molecule has 1 N–H and O–H groups in total. The molecular weight excluding hydrogens is 170 g/mol. The van der Waals surface area contributed by atoms with Crippen molar-refractivity contribution in [2.45, 2.75) is 19.8 Å². The van der Waals surface area contributed by atoms with Gasteiger partial charge in [-0.05, 0) is 6.42 Å². The van der Waals surface area contributed by atoms with E-state index in [2.05, 4.69) is 6.92 Å². The zero-order valence-electron chi connectivity index (χ0n) is 4.79. The number of halogens is 3. The lowest BCUT2D eigenvalue weighted by molar-refractivity contribution is 0.287. The van der Waals surface area contributed by atoms with Crippen LogP contribution in [-0.4, -0.2) is 11.7 Å². The third kappa shape index (κ3) is 29.0. The van der Waals surface area contributed by atoms with Gasteiger partial charge in [0.2, 0.25) is 0 Å². The summed E-state index contributed by atoms with van der Waals surface area (Å²) in [4.78, 5) is 0. The van der Waals surface area contributed by atoms with Crippen molar-refractivity contribution in [2.75, 3.05) is 6.61 Å². The molecule has 0 heterocycles. The number of aliphatic hydroxyl groups excluding tert-OH is 1. The fraction of sp³-hybridized carbons (Fsp3) is 1.00. The molecule has 4 heteroatoms. The lowest BCUT2D eigenvalue weighted by Crippen LogP contribution is -1.75. The third-order valence-corrected chi connectivity index (χ3v) is 0.512. The highest BCUT2D eigenvalue weighted by Gasteiger charge is 1.69. The quantitative estimate of drug-likeness (QED) is 0.695. The fourth-order valence-corrected chi connectivity index (χ4v) is 0.158. The third-order valence-electron chi connectivity index (χ3n) is 0.512. The van der Waals surface area contributed by atoms with Crippen LogP contribution in [0.25, 0.3) is 0 Å². The summed E-state index contributed by atoms with van der Waals surface area (Å²) >= 11 is 0. The second-order valence-electron chi connectivity index (χ2n) is 1.08.